The summed E-state index contributed by atoms with van der Waals surface area (Å²) in [7, 11) is -5.69. The minimum absolute atomic E-state index is 0.171. The van der Waals surface area contributed by atoms with Gasteiger partial charge in [0.05, 0.1) is 0 Å². The monoisotopic (exact) mass is 404 g/mol. The molecule has 0 aliphatic heterocycles. The van der Waals surface area contributed by atoms with Gasteiger partial charge in [0, 0.05) is 12.8 Å². The number of carbonyl (C=O) groups excluding carboxylic acids is 1. The molecular weight excluding hydrogens is 381 g/mol. The highest BCUT2D eigenvalue weighted by Crippen LogP contribution is 2.51. The van der Waals surface area contributed by atoms with Crippen molar-refractivity contribution in [1.82, 2.24) is 0 Å². The maximum absolute atomic E-state index is 12.6. The van der Waals surface area contributed by atoms with Crippen LogP contribution < -0.4 is 4.18 Å². The highest BCUT2D eigenvalue weighted by Gasteiger charge is 2.49. The Morgan fingerprint density at radius 3 is 2.67 bits per heavy atom. The second-order valence-corrected chi connectivity index (χ2v) is 9.08. The van der Waals surface area contributed by atoms with Crippen LogP contribution >= 0.6 is 0 Å². The fourth-order valence-corrected chi connectivity index (χ4v) is 5.26. The molecule has 27 heavy (non-hydrogen) atoms. The Labute approximate surface area is 157 Å². The summed E-state index contributed by atoms with van der Waals surface area (Å²) in [5.74, 6) is 0.181. The fraction of sp³-hybridized carbons (Fsp3) is 0.632. The number of hydrogen-bond donors (Lipinski definition) is 0. The Hall–Kier alpha value is -1.57. The number of rotatable bonds is 4. The third-order valence-corrected chi connectivity index (χ3v) is 6.88. The van der Waals surface area contributed by atoms with Gasteiger partial charge in [-0.05, 0) is 66.7 Å². The predicted octanol–water partition coefficient (Wildman–Crippen LogP) is 4.66. The average Bonchev–Trinajstić information content (AvgIpc) is 2.70. The number of fused-ring (bicyclic) bond motifs is 3. The summed E-state index contributed by atoms with van der Waals surface area (Å²) in [6, 6.07) is 4.44. The molecule has 1 aromatic rings. The van der Waals surface area contributed by atoms with Crippen molar-refractivity contribution in [2.45, 2.75) is 69.2 Å². The Bertz CT molecular complexity index is 832. The lowest BCUT2D eigenvalue weighted by Gasteiger charge is -2.44. The first-order valence-electron chi connectivity index (χ1n) is 9.25. The van der Waals surface area contributed by atoms with Crippen molar-refractivity contribution in [3.8, 4) is 5.75 Å². The lowest BCUT2D eigenvalue weighted by Crippen LogP contribution is -2.40. The number of hydrogen-bond acceptors (Lipinski definition) is 4. The summed E-state index contributed by atoms with van der Waals surface area (Å²) in [6.45, 7) is 2.08. The Morgan fingerprint density at radius 1 is 1.26 bits per heavy atom. The number of Topliss-reactive ketones (excluding diaryl/α,β-unsaturated/α-hetero) is 1. The predicted molar refractivity (Wildman–Crippen MR) is 93.9 cm³/mol. The van der Waals surface area contributed by atoms with E-state index in [9.17, 15) is 26.4 Å². The lowest BCUT2D eigenvalue weighted by molar-refractivity contribution is -0.123. The van der Waals surface area contributed by atoms with Gasteiger partial charge in [0.15, 0.2) is 0 Å². The largest absolute Gasteiger partial charge is 0.534 e. The van der Waals surface area contributed by atoms with Gasteiger partial charge in [-0.2, -0.15) is 21.6 Å². The van der Waals surface area contributed by atoms with E-state index in [0.29, 0.717) is 19.3 Å². The van der Waals surface area contributed by atoms with Gasteiger partial charge in [-0.3, -0.25) is 4.79 Å². The van der Waals surface area contributed by atoms with Crippen LogP contribution in [0.2, 0.25) is 0 Å². The van der Waals surface area contributed by atoms with Gasteiger partial charge in [-0.25, -0.2) is 0 Å². The molecule has 1 saturated carbocycles. The van der Waals surface area contributed by atoms with E-state index in [1.807, 2.05) is 0 Å². The zero-order valence-corrected chi connectivity index (χ0v) is 16.0. The SMILES string of the molecule is CCC[C@]12CCC(=O)C[C@H]1CCCc1cc(OS(=O)(=O)C(F)(F)F)ccc12. The van der Waals surface area contributed by atoms with E-state index in [0.717, 1.165) is 43.2 Å². The van der Waals surface area contributed by atoms with Crippen LogP contribution in [0, 0.1) is 5.92 Å². The molecule has 1 fully saturated rings. The molecule has 0 unspecified atom stereocenters. The maximum Gasteiger partial charge on any atom is 0.534 e. The normalized spacial score (nSPS) is 26.1. The van der Waals surface area contributed by atoms with Crippen molar-refractivity contribution >= 4 is 15.9 Å². The second-order valence-electron chi connectivity index (χ2n) is 7.54. The molecular formula is C19H23F3O4S. The average molecular weight is 404 g/mol. The number of halogens is 3. The van der Waals surface area contributed by atoms with Crippen LogP contribution in [0.4, 0.5) is 13.2 Å². The minimum atomic E-state index is -5.69. The summed E-state index contributed by atoms with van der Waals surface area (Å²) >= 11 is 0. The number of aryl methyl sites for hydroxylation is 1. The van der Waals surface area contributed by atoms with E-state index in [1.54, 1.807) is 6.07 Å². The number of benzene rings is 1. The molecule has 8 heteroatoms. The summed E-state index contributed by atoms with van der Waals surface area (Å²) in [5.41, 5.74) is -3.76. The lowest BCUT2D eigenvalue weighted by atomic mass is 9.59. The standard InChI is InChI=1S/C19H23F3O4S/c1-2-9-18-10-8-15(23)12-14(18)5-3-4-13-11-16(6-7-17(13)18)26-27(24,25)19(20,21)22/h6-7,11,14H,2-5,8-10,12H2,1H3/t14-,18+/m1/s1. The van der Waals surface area contributed by atoms with E-state index >= 15 is 0 Å². The van der Waals surface area contributed by atoms with Crippen LogP contribution in [0.15, 0.2) is 18.2 Å². The Balaban J connectivity index is 2.01. The first-order chi connectivity index (χ1) is 12.6. The van der Waals surface area contributed by atoms with Crippen molar-refractivity contribution < 1.29 is 30.6 Å². The zero-order chi connectivity index (χ0) is 19.9. The molecule has 0 bridgehead atoms. The van der Waals surface area contributed by atoms with Gasteiger partial charge in [-0.1, -0.05) is 19.4 Å². The smallest absolute Gasteiger partial charge is 0.376 e. The molecule has 0 radical (unpaired) electrons. The van der Waals surface area contributed by atoms with Crippen molar-refractivity contribution in [3.05, 3.63) is 29.3 Å². The van der Waals surface area contributed by atoms with Crippen molar-refractivity contribution in [1.29, 1.82) is 0 Å². The van der Waals surface area contributed by atoms with Crippen molar-refractivity contribution in [3.63, 3.8) is 0 Å². The van der Waals surface area contributed by atoms with Gasteiger partial charge >= 0.3 is 15.6 Å². The van der Waals surface area contributed by atoms with Crippen LogP contribution in [0.3, 0.4) is 0 Å². The summed E-state index contributed by atoms with van der Waals surface area (Å²) in [5, 5.41) is 0. The van der Waals surface area contributed by atoms with Crippen LogP contribution in [0.1, 0.15) is 63.0 Å². The molecule has 0 N–H and O–H groups in total. The molecule has 0 aromatic heterocycles. The van der Waals surface area contributed by atoms with E-state index in [4.69, 9.17) is 0 Å². The van der Waals surface area contributed by atoms with E-state index in [2.05, 4.69) is 11.1 Å². The summed E-state index contributed by atoms with van der Waals surface area (Å²) < 4.78 is 64.7. The maximum atomic E-state index is 12.6. The van der Waals surface area contributed by atoms with Gasteiger partial charge < -0.3 is 4.18 Å². The topological polar surface area (TPSA) is 60.4 Å². The summed E-state index contributed by atoms with van der Waals surface area (Å²) in [4.78, 5) is 12.0. The Morgan fingerprint density at radius 2 is 2.00 bits per heavy atom. The van der Waals surface area contributed by atoms with Crippen molar-refractivity contribution in [2.75, 3.05) is 0 Å². The molecule has 2 aliphatic rings. The molecule has 1 aromatic carbocycles. The van der Waals surface area contributed by atoms with Crippen molar-refractivity contribution in [2.24, 2.45) is 5.92 Å². The van der Waals surface area contributed by atoms with Crippen LogP contribution in [0.5, 0.6) is 5.75 Å². The van der Waals surface area contributed by atoms with Crippen LogP contribution in [0.25, 0.3) is 0 Å². The zero-order valence-electron chi connectivity index (χ0n) is 15.1. The number of alkyl halides is 3. The van der Waals surface area contributed by atoms with Gasteiger partial charge in [0.1, 0.15) is 11.5 Å². The Kier molecular flexibility index (Phi) is 5.31. The molecule has 0 amide bonds. The molecule has 0 saturated heterocycles. The second kappa shape index (κ2) is 7.11. The quantitative estimate of drug-likeness (QED) is 0.541. The third-order valence-electron chi connectivity index (χ3n) is 5.90. The van der Waals surface area contributed by atoms with E-state index < -0.39 is 15.6 Å². The summed E-state index contributed by atoms with van der Waals surface area (Å²) in [6.07, 6.45) is 5.96. The van der Waals surface area contributed by atoms with E-state index in [1.165, 1.54) is 12.1 Å². The highest BCUT2D eigenvalue weighted by molar-refractivity contribution is 7.88. The minimum Gasteiger partial charge on any atom is -0.376 e. The highest BCUT2D eigenvalue weighted by atomic mass is 32.2. The number of carbonyl (C=O) groups is 1. The molecule has 2 aliphatic carbocycles. The van der Waals surface area contributed by atoms with Gasteiger partial charge in [0.2, 0.25) is 0 Å². The molecule has 0 heterocycles. The first kappa shape index (κ1) is 20.2. The molecule has 3 rings (SSSR count). The van der Waals surface area contributed by atoms with Crippen LogP contribution in [-0.2, 0) is 26.7 Å². The van der Waals surface area contributed by atoms with E-state index in [-0.39, 0.29) is 22.9 Å². The van der Waals surface area contributed by atoms with Gasteiger partial charge in [0.25, 0.3) is 0 Å². The molecule has 0 spiro atoms. The number of ketones is 1. The molecule has 4 nitrogen and oxygen atoms in total. The fourth-order valence-electron chi connectivity index (χ4n) is 4.81. The van der Waals surface area contributed by atoms with Gasteiger partial charge in [-0.15, -0.1) is 0 Å². The van der Waals surface area contributed by atoms with Crippen LogP contribution in [-0.4, -0.2) is 19.7 Å². The molecule has 2 atom stereocenters. The first-order valence-corrected chi connectivity index (χ1v) is 10.7. The molecule has 150 valence electrons. The third kappa shape index (κ3) is 3.73.